The van der Waals surface area contributed by atoms with Crippen LogP contribution in [0, 0.1) is 0 Å². The number of ether oxygens (including phenoxy) is 1. The van der Waals surface area contributed by atoms with Crippen LogP contribution in [0.2, 0.25) is 0 Å². The van der Waals surface area contributed by atoms with Crippen molar-refractivity contribution in [2.45, 2.75) is 44.6 Å². The first-order valence-electron chi connectivity index (χ1n) is 9.07. The summed E-state index contributed by atoms with van der Waals surface area (Å²) in [5.41, 5.74) is 0. The van der Waals surface area contributed by atoms with E-state index >= 15 is 0 Å². The first-order valence-corrected chi connectivity index (χ1v) is 9.07. The molecule has 1 aliphatic rings. The molecule has 0 aromatic heterocycles. The van der Waals surface area contributed by atoms with Gasteiger partial charge in [0.25, 0.3) is 0 Å². The number of rotatable bonds is 10. The Morgan fingerprint density at radius 3 is 2.62 bits per heavy atom. The highest BCUT2D eigenvalue weighted by molar-refractivity contribution is 5.86. The number of guanidine groups is 1. The Bertz CT molecular complexity index is 370. The number of carbonyl (C=O) groups excluding carboxylic acids is 1. The molecule has 1 fully saturated rings. The monoisotopic (exact) mass is 341 g/mol. The van der Waals surface area contributed by atoms with E-state index in [1.807, 2.05) is 0 Å². The van der Waals surface area contributed by atoms with Crippen molar-refractivity contribution in [3.05, 3.63) is 0 Å². The molecule has 140 valence electrons. The molecule has 0 aromatic carbocycles. The highest BCUT2D eigenvalue weighted by atomic mass is 16.5. The number of nitrogens with zero attached hydrogens (tertiary/aromatic N) is 2. The third-order valence-corrected chi connectivity index (χ3v) is 4.28. The van der Waals surface area contributed by atoms with Gasteiger partial charge >= 0.3 is 0 Å². The minimum absolute atomic E-state index is 0.0431. The van der Waals surface area contributed by atoms with Crippen LogP contribution in [-0.2, 0) is 9.53 Å². The molecular formula is C17H35N5O2. The molecule has 0 spiro atoms. The molecule has 0 unspecified atom stereocenters. The largest absolute Gasteiger partial charge is 0.385 e. The summed E-state index contributed by atoms with van der Waals surface area (Å²) in [5.74, 6) is 0.709. The van der Waals surface area contributed by atoms with E-state index in [4.69, 9.17) is 4.74 Å². The van der Waals surface area contributed by atoms with Crippen molar-refractivity contribution < 1.29 is 9.53 Å². The average Bonchev–Trinajstić information content (AvgIpc) is 2.59. The van der Waals surface area contributed by atoms with Gasteiger partial charge in [0, 0.05) is 46.4 Å². The number of amides is 1. The van der Waals surface area contributed by atoms with E-state index < -0.39 is 0 Å². The molecule has 0 aliphatic heterocycles. The summed E-state index contributed by atoms with van der Waals surface area (Å²) >= 11 is 0. The van der Waals surface area contributed by atoms with E-state index in [1.54, 1.807) is 14.2 Å². The molecular weight excluding hydrogens is 306 g/mol. The number of hydrogen-bond donors (Lipinski definition) is 3. The molecule has 7 heteroatoms. The van der Waals surface area contributed by atoms with Crippen molar-refractivity contribution in [2.24, 2.45) is 4.99 Å². The van der Waals surface area contributed by atoms with Crippen molar-refractivity contribution in [2.75, 3.05) is 54.0 Å². The van der Waals surface area contributed by atoms with Crippen LogP contribution in [0.5, 0.6) is 0 Å². The third kappa shape index (κ3) is 9.72. The summed E-state index contributed by atoms with van der Waals surface area (Å²) in [7, 11) is 5.53. The summed E-state index contributed by atoms with van der Waals surface area (Å²) in [4.78, 5) is 18.4. The second-order valence-electron chi connectivity index (χ2n) is 6.40. The Morgan fingerprint density at radius 2 is 1.96 bits per heavy atom. The second-order valence-corrected chi connectivity index (χ2v) is 6.40. The minimum Gasteiger partial charge on any atom is -0.385 e. The van der Waals surface area contributed by atoms with Crippen LogP contribution in [0.3, 0.4) is 0 Å². The predicted octanol–water partition coefficient (Wildman–Crippen LogP) is 0.569. The van der Waals surface area contributed by atoms with Gasteiger partial charge in [-0.2, -0.15) is 0 Å². The fraction of sp³-hybridized carbons (Fsp3) is 0.882. The fourth-order valence-electron chi connectivity index (χ4n) is 2.87. The zero-order valence-corrected chi connectivity index (χ0v) is 15.6. The van der Waals surface area contributed by atoms with E-state index in [0.29, 0.717) is 12.0 Å². The van der Waals surface area contributed by atoms with Gasteiger partial charge in [-0.05, 0) is 26.3 Å². The number of aliphatic imine (C=N–C) groups is 1. The van der Waals surface area contributed by atoms with Crippen LogP contribution in [0.4, 0.5) is 0 Å². The van der Waals surface area contributed by atoms with Crippen LogP contribution in [0.1, 0.15) is 38.5 Å². The Hall–Kier alpha value is -1.34. The Balaban J connectivity index is 2.12. The third-order valence-electron chi connectivity index (χ3n) is 4.28. The zero-order chi connectivity index (χ0) is 17.6. The Labute approximate surface area is 146 Å². The van der Waals surface area contributed by atoms with Crippen molar-refractivity contribution in [3.63, 3.8) is 0 Å². The highest BCUT2D eigenvalue weighted by Crippen LogP contribution is 2.16. The molecule has 0 aromatic rings. The van der Waals surface area contributed by atoms with Gasteiger partial charge in [0.15, 0.2) is 5.96 Å². The van der Waals surface area contributed by atoms with Gasteiger partial charge in [-0.1, -0.05) is 19.3 Å². The standard InChI is InChI=1S/C17H35N5O2/c1-18-17(19-10-12-22(2)11-7-13-24-3)20-14-16(23)21-15-8-5-4-6-9-15/h15H,4-14H2,1-3H3,(H,21,23)(H2,18,19,20). The lowest BCUT2D eigenvalue weighted by Gasteiger charge is -2.23. The normalized spacial score (nSPS) is 16.2. The van der Waals surface area contributed by atoms with Crippen LogP contribution in [0.25, 0.3) is 0 Å². The van der Waals surface area contributed by atoms with Crippen molar-refractivity contribution >= 4 is 11.9 Å². The van der Waals surface area contributed by atoms with Crippen LogP contribution in [0.15, 0.2) is 4.99 Å². The molecule has 3 N–H and O–H groups in total. The van der Waals surface area contributed by atoms with Crippen molar-refractivity contribution in [1.82, 2.24) is 20.9 Å². The van der Waals surface area contributed by atoms with Gasteiger partial charge < -0.3 is 25.6 Å². The maximum absolute atomic E-state index is 12.0. The average molecular weight is 342 g/mol. The van der Waals surface area contributed by atoms with Gasteiger partial charge in [-0.3, -0.25) is 9.79 Å². The molecule has 0 radical (unpaired) electrons. The molecule has 0 heterocycles. The van der Waals surface area contributed by atoms with E-state index in [9.17, 15) is 4.79 Å². The van der Waals surface area contributed by atoms with Gasteiger partial charge in [0.2, 0.25) is 5.91 Å². The maximum Gasteiger partial charge on any atom is 0.239 e. The van der Waals surface area contributed by atoms with Crippen LogP contribution in [-0.4, -0.2) is 76.8 Å². The van der Waals surface area contributed by atoms with Crippen LogP contribution < -0.4 is 16.0 Å². The molecule has 24 heavy (non-hydrogen) atoms. The zero-order valence-electron chi connectivity index (χ0n) is 15.6. The number of likely N-dealkylation sites (N-methyl/N-ethyl adjacent to an activating group) is 1. The van der Waals surface area contributed by atoms with Gasteiger partial charge in [-0.25, -0.2) is 0 Å². The molecule has 1 amide bonds. The fourth-order valence-corrected chi connectivity index (χ4v) is 2.87. The first kappa shape index (κ1) is 20.7. The molecule has 1 saturated carbocycles. The van der Waals surface area contributed by atoms with E-state index in [1.165, 1.54) is 19.3 Å². The summed E-state index contributed by atoms with van der Waals surface area (Å²) in [5, 5.41) is 9.41. The van der Waals surface area contributed by atoms with Gasteiger partial charge in [0.1, 0.15) is 0 Å². The Morgan fingerprint density at radius 1 is 1.21 bits per heavy atom. The highest BCUT2D eigenvalue weighted by Gasteiger charge is 2.15. The van der Waals surface area contributed by atoms with Gasteiger partial charge in [-0.15, -0.1) is 0 Å². The quantitative estimate of drug-likeness (QED) is 0.308. The lowest BCUT2D eigenvalue weighted by molar-refractivity contribution is -0.120. The number of methoxy groups -OCH3 is 1. The van der Waals surface area contributed by atoms with E-state index in [0.717, 1.165) is 45.5 Å². The number of hydrogen-bond acceptors (Lipinski definition) is 4. The maximum atomic E-state index is 12.0. The lowest BCUT2D eigenvalue weighted by atomic mass is 9.95. The smallest absolute Gasteiger partial charge is 0.239 e. The van der Waals surface area contributed by atoms with Crippen molar-refractivity contribution in [1.29, 1.82) is 0 Å². The topological polar surface area (TPSA) is 78.0 Å². The lowest BCUT2D eigenvalue weighted by Crippen LogP contribution is -2.47. The SMILES string of the molecule is CN=C(NCCN(C)CCCOC)NCC(=O)NC1CCCCC1. The van der Waals surface area contributed by atoms with E-state index in [2.05, 4.69) is 32.9 Å². The van der Waals surface area contributed by atoms with Crippen LogP contribution >= 0.6 is 0 Å². The molecule has 1 aliphatic carbocycles. The summed E-state index contributed by atoms with van der Waals surface area (Å²) in [6, 6.07) is 0.351. The second kappa shape index (κ2) is 13.0. The molecule has 7 nitrogen and oxygen atoms in total. The molecule has 0 atom stereocenters. The predicted molar refractivity (Wildman–Crippen MR) is 98.4 cm³/mol. The Kier molecular flexibility index (Phi) is 11.2. The first-order chi connectivity index (χ1) is 11.7. The minimum atomic E-state index is 0.0431. The molecule has 1 rings (SSSR count). The number of nitrogens with one attached hydrogen (secondary N) is 3. The summed E-state index contributed by atoms with van der Waals surface area (Å²) in [6.45, 7) is 3.76. The van der Waals surface area contributed by atoms with E-state index in [-0.39, 0.29) is 12.5 Å². The molecule has 0 bridgehead atoms. The number of carbonyl (C=O) groups is 1. The van der Waals surface area contributed by atoms with Crippen molar-refractivity contribution in [3.8, 4) is 0 Å². The van der Waals surface area contributed by atoms with Gasteiger partial charge in [0.05, 0.1) is 6.54 Å². The summed E-state index contributed by atoms with van der Waals surface area (Å²) < 4.78 is 5.05. The summed E-state index contributed by atoms with van der Waals surface area (Å²) in [6.07, 6.45) is 6.98. The molecule has 0 saturated heterocycles.